The van der Waals surface area contributed by atoms with Crippen molar-refractivity contribution in [2.45, 2.75) is 56.7 Å². The highest BCUT2D eigenvalue weighted by molar-refractivity contribution is 5.91. The Hall–Kier alpha value is -4.83. The third kappa shape index (κ3) is 9.33. The summed E-state index contributed by atoms with van der Waals surface area (Å²) in [5, 5.41) is 25.7. The minimum Gasteiger partial charge on any atom is -0.490 e. The van der Waals surface area contributed by atoms with Gasteiger partial charge in [-0.25, -0.2) is 4.79 Å². The number of amides is 2. The van der Waals surface area contributed by atoms with Crippen LogP contribution in [0.1, 0.15) is 48.8 Å². The Morgan fingerprint density at radius 2 is 1.53 bits per heavy atom. The van der Waals surface area contributed by atoms with Gasteiger partial charge in [0.25, 0.3) is 0 Å². The monoisotopic (exact) mass is 633 g/mol. The highest BCUT2D eigenvalue weighted by Crippen LogP contribution is 2.46. The van der Waals surface area contributed by atoms with E-state index in [1.165, 1.54) is 0 Å². The zero-order valence-electron chi connectivity index (χ0n) is 25.1. The first kappa shape index (κ1) is 34.7. The Morgan fingerprint density at radius 1 is 0.933 bits per heavy atom. The maximum atomic E-state index is 13.5. The molecule has 0 aliphatic heterocycles. The second-order valence-corrected chi connectivity index (χ2v) is 10.9. The molecule has 3 aromatic carbocycles. The third-order valence-corrected chi connectivity index (χ3v) is 7.64. The molecule has 0 fully saturated rings. The lowest BCUT2D eigenvalue weighted by molar-refractivity contribution is -0.142. The zero-order chi connectivity index (χ0) is 31.6. The highest BCUT2D eigenvalue weighted by Gasteiger charge is 2.32. The van der Waals surface area contributed by atoms with E-state index >= 15 is 0 Å². The number of guanidine groups is 1. The van der Waals surface area contributed by atoms with Crippen molar-refractivity contribution in [2.75, 3.05) is 6.61 Å². The zero-order valence-corrected chi connectivity index (χ0v) is 25.9. The number of carboxylic acid groups (broad SMARTS) is 1. The van der Waals surface area contributed by atoms with E-state index in [1.54, 1.807) is 30.3 Å². The number of carbonyl (C=O) groups excluding carboxylic acids is 2. The first-order valence-corrected chi connectivity index (χ1v) is 14.6. The summed E-state index contributed by atoms with van der Waals surface area (Å²) in [6, 6.07) is 20.4. The standard InChI is InChI=1S/C34H39N5O5.ClH/c1-3-18-44-23-15-13-22(14-16-23)19-30(33(42)43)39-32(41)29(17-12-21(2)37-34(35)36)38-31(40)20-28-26-10-6-4-8-24(26)25-9-5-7-11-27(25)28;/h3-11,13-16,21,28-30H,1,12,17-20H2,2H3,(H,38,40)(H,39,41)(H,42,43)(H4,35,36,37);1H/t21?,29-,30-;/m0./s1. The molecule has 10 nitrogen and oxygen atoms in total. The van der Waals surface area contributed by atoms with Crippen molar-refractivity contribution in [1.29, 1.82) is 5.41 Å². The molecule has 0 radical (unpaired) electrons. The fraction of sp³-hybridized carbons (Fsp3) is 0.294. The van der Waals surface area contributed by atoms with Crippen LogP contribution in [0, 0.1) is 5.41 Å². The number of carboxylic acids is 1. The molecule has 0 aromatic heterocycles. The first-order valence-electron chi connectivity index (χ1n) is 14.6. The van der Waals surface area contributed by atoms with Crippen molar-refractivity contribution in [2.24, 2.45) is 5.73 Å². The number of hydrogen-bond acceptors (Lipinski definition) is 5. The number of nitrogens with two attached hydrogens (primary N) is 1. The van der Waals surface area contributed by atoms with E-state index in [4.69, 9.17) is 15.9 Å². The Labute approximate surface area is 269 Å². The Morgan fingerprint density at radius 3 is 2.09 bits per heavy atom. The van der Waals surface area contributed by atoms with E-state index in [0.717, 1.165) is 22.3 Å². The number of aliphatic carboxylic acids is 1. The number of nitrogens with one attached hydrogen (secondary N) is 4. The largest absolute Gasteiger partial charge is 0.490 e. The molecule has 0 saturated heterocycles. The van der Waals surface area contributed by atoms with Gasteiger partial charge in [-0.15, -0.1) is 12.4 Å². The van der Waals surface area contributed by atoms with Crippen LogP contribution in [0.4, 0.5) is 0 Å². The highest BCUT2D eigenvalue weighted by atomic mass is 35.5. The van der Waals surface area contributed by atoms with Gasteiger partial charge in [0.15, 0.2) is 5.96 Å². The summed E-state index contributed by atoms with van der Waals surface area (Å²) in [5.41, 5.74) is 10.4. The average molecular weight is 634 g/mol. The van der Waals surface area contributed by atoms with Crippen LogP contribution >= 0.6 is 12.4 Å². The van der Waals surface area contributed by atoms with Gasteiger partial charge in [0.1, 0.15) is 24.4 Å². The summed E-state index contributed by atoms with van der Waals surface area (Å²) in [4.78, 5) is 39.2. The van der Waals surface area contributed by atoms with Crippen LogP contribution in [-0.2, 0) is 20.8 Å². The third-order valence-electron chi connectivity index (χ3n) is 7.64. The molecular formula is C34H40ClN5O5. The number of halogens is 1. The van der Waals surface area contributed by atoms with Crippen molar-refractivity contribution in [3.63, 3.8) is 0 Å². The summed E-state index contributed by atoms with van der Waals surface area (Å²) in [6.07, 6.45) is 2.40. The van der Waals surface area contributed by atoms with E-state index in [9.17, 15) is 19.5 Å². The van der Waals surface area contributed by atoms with Crippen LogP contribution in [0.3, 0.4) is 0 Å². The molecule has 0 spiro atoms. The minimum absolute atomic E-state index is 0. The van der Waals surface area contributed by atoms with Gasteiger partial charge in [-0.2, -0.15) is 0 Å². The number of fused-ring (bicyclic) bond motifs is 3. The van der Waals surface area contributed by atoms with Gasteiger partial charge in [-0.05, 0) is 59.7 Å². The van der Waals surface area contributed by atoms with Gasteiger partial charge in [0.05, 0.1) is 0 Å². The van der Waals surface area contributed by atoms with Gasteiger partial charge in [-0.3, -0.25) is 15.0 Å². The molecule has 3 aromatic rings. The fourth-order valence-electron chi connectivity index (χ4n) is 5.53. The van der Waals surface area contributed by atoms with Gasteiger partial charge >= 0.3 is 5.97 Å². The number of benzene rings is 3. The Balaban J connectivity index is 0.00000552. The van der Waals surface area contributed by atoms with E-state index in [0.29, 0.717) is 24.3 Å². The number of ether oxygens (including phenoxy) is 1. The molecule has 4 rings (SSSR count). The van der Waals surface area contributed by atoms with Crippen molar-refractivity contribution >= 4 is 36.2 Å². The van der Waals surface area contributed by atoms with Gasteiger partial charge < -0.3 is 31.5 Å². The molecule has 0 saturated carbocycles. The summed E-state index contributed by atoms with van der Waals surface area (Å²) < 4.78 is 5.48. The average Bonchev–Trinajstić information content (AvgIpc) is 3.31. The quantitative estimate of drug-likeness (QED) is 0.0831. The number of carbonyl (C=O) groups is 3. The maximum Gasteiger partial charge on any atom is 0.326 e. The van der Waals surface area contributed by atoms with Crippen LogP contribution in [-0.4, -0.2) is 53.6 Å². The van der Waals surface area contributed by atoms with Crippen LogP contribution in [0.2, 0.25) is 0 Å². The van der Waals surface area contributed by atoms with Crippen LogP contribution in [0.25, 0.3) is 11.1 Å². The van der Waals surface area contributed by atoms with Gasteiger partial charge in [-0.1, -0.05) is 73.3 Å². The predicted molar refractivity (Wildman–Crippen MR) is 177 cm³/mol. The van der Waals surface area contributed by atoms with Gasteiger partial charge in [0, 0.05) is 24.8 Å². The summed E-state index contributed by atoms with van der Waals surface area (Å²) >= 11 is 0. The normalized spacial score (nSPS) is 13.5. The molecule has 3 atom stereocenters. The predicted octanol–water partition coefficient (Wildman–Crippen LogP) is 4.12. The number of hydrogen-bond donors (Lipinski definition) is 6. The summed E-state index contributed by atoms with van der Waals surface area (Å²) in [6.45, 7) is 5.78. The Bertz CT molecular complexity index is 1470. The SMILES string of the molecule is C=CCOc1ccc(C[C@H](NC(=O)[C@H](CCC(C)NC(=N)N)NC(=O)CC2c3ccccc3-c3ccccc32)C(=O)O)cc1.Cl. The lowest BCUT2D eigenvalue weighted by Crippen LogP contribution is -2.52. The molecule has 2 amide bonds. The smallest absolute Gasteiger partial charge is 0.326 e. The first-order chi connectivity index (χ1) is 21.2. The molecule has 0 heterocycles. The van der Waals surface area contributed by atoms with Crippen molar-refractivity contribution < 1.29 is 24.2 Å². The molecule has 1 unspecified atom stereocenters. The second-order valence-electron chi connectivity index (χ2n) is 10.9. The molecule has 45 heavy (non-hydrogen) atoms. The van der Waals surface area contributed by atoms with E-state index < -0.39 is 24.0 Å². The van der Waals surface area contributed by atoms with E-state index in [1.807, 2.05) is 55.5 Å². The molecule has 7 N–H and O–H groups in total. The van der Waals surface area contributed by atoms with E-state index in [-0.39, 0.29) is 55.5 Å². The number of rotatable bonds is 15. The minimum atomic E-state index is -1.22. The van der Waals surface area contributed by atoms with E-state index in [2.05, 4.69) is 22.5 Å². The van der Waals surface area contributed by atoms with Crippen LogP contribution < -0.4 is 26.4 Å². The Kier molecular flexibility index (Phi) is 12.6. The molecule has 238 valence electrons. The summed E-state index contributed by atoms with van der Waals surface area (Å²) in [5.74, 6) is -1.87. The lowest BCUT2D eigenvalue weighted by atomic mass is 9.93. The molecule has 1 aliphatic rings. The van der Waals surface area contributed by atoms with Crippen LogP contribution in [0.5, 0.6) is 5.75 Å². The summed E-state index contributed by atoms with van der Waals surface area (Å²) in [7, 11) is 0. The maximum absolute atomic E-state index is 13.5. The fourth-order valence-corrected chi connectivity index (χ4v) is 5.53. The topological polar surface area (TPSA) is 167 Å². The van der Waals surface area contributed by atoms with Gasteiger partial charge in [0.2, 0.25) is 11.8 Å². The molecular weight excluding hydrogens is 594 g/mol. The molecule has 1 aliphatic carbocycles. The molecule has 11 heteroatoms. The van der Waals surface area contributed by atoms with Crippen molar-refractivity contribution in [3.8, 4) is 16.9 Å². The van der Waals surface area contributed by atoms with Crippen molar-refractivity contribution in [3.05, 3.63) is 102 Å². The molecule has 0 bridgehead atoms. The van der Waals surface area contributed by atoms with Crippen LogP contribution in [0.15, 0.2) is 85.5 Å². The lowest BCUT2D eigenvalue weighted by Gasteiger charge is -2.24. The van der Waals surface area contributed by atoms with Crippen molar-refractivity contribution in [1.82, 2.24) is 16.0 Å². The second kappa shape index (κ2) is 16.3.